The second-order valence-electron chi connectivity index (χ2n) is 9.59. The van der Waals surface area contributed by atoms with Gasteiger partial charge >= 0.3 is 0 Å². The first-order valence-corrected chi connectivity index (χ1v) is 12.8. The molecule has 1 unspecified atom stereocenters. The number of methoxy groups -OCH3 is 1. The number of nitro benzene ring substituents is 1. The maximum atomic E-state index is 13.6. The van der Waals surface area contributed by atoms with Crippen LogP contribution in [0.1, 0.15) is 55.7 Å². The van der Waals surface area contributed by atoms with E-state index in [1.54, 1.807) is 12.0 Å². The van der Waals surface area contributed by atoms with Gasteiger partial charge in [-0.15, -0.1) is 0 Å². The summed E-state index contributed by atoms with van der Waals surface area (Å²) in [7, 11) is 1.64. The number of carbonyl (C=O) groups excluding carboxylic acids is 2. The fraction of sp³-hybridized carbons (Fsp3) is 0.379. The smallest absolute Gasteiger partial charge is 0.270 e. The monoisotopic (exact) mass is 520 g/mol. The number of hydrogen-bond donors (Lipinski definition) is 0. The molecule has 0 radical (unpaired) electrons. The molecular weight excluding hydrogens is 484 g/mol. The van der Waals surface area contributed by atoms with Crippen LogP contribution in [0.2, 0.25) is 0 Å². The number of non-ortho nitro benzene ring substituents is 1. The van der Waals surface area contributed by atoms with Crippen molar-refractivity contribution in [1.82, 2.24) is 14.4 Å². The van der Waals surface area contributed by atoms with Crippen LogP contribution in [-0.4, -0.2) is 56.8 Å². The largest absolute Gasteiger partial charge is 0.497 e. The Morgan fingerprint density at radius 2 is 1.76 bits per heavy atom. The number of carbonyl (C=O) groups is 2. The number of rotatable bonds is 12. The van der Waals surface area contributed by atoms with E-state index in [0.717, 1.165) is 23.4 Å². The van der Waals surface area contributed by atoms with Crippen LogP contribution < -0.4 is 4.74 Å². The molecule has 9 heteroatoms. The molecular formula is C29H36N4O5. The van der Waals surface area contributed by atoms with Gasteiger partial charge in [0.05, 0.1) is 18.6 Å². The number of nitro groups is 1. The number of hydrogen-bond acceptors (Lipinski definition) is 5. The minimum atomic E-state index is -0.535. The van der Waals surface area contributed by atoms with Crippen molar-refractivity contribution in [2.24, 2.45) is 0 Å². The summed E-state index contributed by atoms with van der Waals surface area (Å²) < 4.78 is 7.45. The minimum absolute atomic E-state index is 0.0513. The molecule has 2 aromatic carbocycles. The second kappa shape index (κ2) is 12.9. The predicted octanol–water partition coefficient (Wildman–Crippen LogP) is 5.13. The summed E-state index contributed by atoms with van der Waals surface area (Å²) >= 11 is 0. The third-order valence-electron chi connectivity index (χ3n) is 6.68. The summed E-state index contributed by atoms with van der Waals surface area (Å²) in [6, 6.07) is 17.1. The molecule has 0 fully saturated rings. The Morgan fingerprint density at radius 1 is 1.03 bits per heavy atom. The SMILES string of the molecule is CCC(C)N(Cc1cccn1Cc1cccc(OC)c1)C(=O)CN(C(=O)c1cccc([N+](=O)[O-])c1)C(C)C. The fourth-order valence-electron chi connectivity index (χ4n) is 4.24. The molecule has 0 saturated carbocycles. The van der Waals surface area contributed by atoms with Gasteiger partial charge in [0.25, 0.3) is 11.6 Å². The standard InChI is InChI=1S/C29H36N4O5/c1-6-22(4)32(19-26-13-9-15-30(26)18-23-10-7-14-27(16-23)38-5)28(34)20-31(21(2)3)29(35)24-11-8-12-25(17-24)33(36)37/h7-17,21-22H,6,18-20H2,1-5H3. The molecule has 0 aliphatic heterocycles. The average molecular weight is 521 g/mol. The van der Waals surface area contributed by atoms with Crippen molar-refractivity contribution >= 4 is 17.5 Å². The van der Waals surface area contributed by atoms with E-state index in [0.29, 0.717) is 13.1 Å². The summed E-state index contributed by atoms with van der Waals surface area (Å²) in [6.45, 7) is 8.57. The van der Waals surface area contributed by atoms with Gasteiger partial charge in [-0.25, -0.2) is 0 Å². The third kappa shape index (κ3) is 7.00. The van der Waals surface area contributed by atoms with Crippen LogP contribution in [-0.2, 0) is 17.9 Å². The van der Waals surface area contributed by atoms with Crippen LogP contribution in [0, 0.1) is 10.1 Å². The van der Waals surface area contributed by atoms with Gasteiger partial charge < -0.3 is 19.1 Å². The molecule has 1 atom stereocenters. The van der Waals surface area contributed by atoms with Crippen molar-refractivity contribution in [3.05, 3.63) is 93.8 Å². The van der Waals surface area contributed by atoms with Crippen molar-refractivity contribution < 1.29 is 19.2 Å². The first kappa shape index (κ1) is 28.4. The zero-order valence-electron chi connectivity index (χ0n) is 22.7. The highest BCUT2D eigenvalue weighted by Crippen LogP contribution is 2.19. The number of ether oxygens (including phenoxy) is 1. The van der Waals surface area contributed by atoms with Gasteiger partial charge in [0.1, 0.15) is 12.3 Å². The third-order valence-corrected chi connectivity index (χ3v) is 6.68. The van der Waals surface area contributed by atoms with Gasteiger partial charge in [0, 0.05) is 48.2 Å². The molecule has 1 heterocycles. The lowest BCUT2D eigenvalue weighted by Gasteiger charge is -2.33. The lowest BCUT2D eigenvalue weighted by atomic mass is 10.1. The molecule has 0 N–H and O–H groups in total. The van der Waals surface area contributed by atoms with Crippen LogP contribution in [0.15, 0.2) is 66.9 Å². The van der Waals surface area contributed by atoms with Crippen molar-refractivity contribution in [1.29, 1.82) is 0 Å². The molecule has 0 aliphatic carbocycles. The molecule has 0 aliphatic rings. The first-order chi connectivity index (χ1) is 18.1. The quantitative estimate of drug-likeness (QED) is 0.244. The van der Waals surface area contributed by atoms with E-state index >= 15 is 0 Å². The molecule has 0 spiro atoms. The molecule has 9 nitrogen and oxygen atoms in total. The van der Waals surface area contributed by atoms with Gasteiger partial charge in [0.15, 0.2) is 0 Å². The summed E-state index contributed by atoms with van der Waals surface area (Å²) in [4.78, 5) is 40.9. The second-order valence-corrected chi connectivity index (χ2v) is 9.59. The summed E-state index contributed by atoms with van der Waals surface area (Å²) in [5.74, 6) is 0.193. The zero-order valence-corrected chi connectivity index (χ0v) is 22.7. The zero-order chi connectivity index (χ0) is 27.8. The summed E-state index contributed by atoms with van der Waals surface area (Å²) in [6.07, 6.45) is 2.74. The number of amides is 2. The van der Waals surface area contributed by atoms with Crippen LogP contribution in [0.3, 0.4) is 0 Å². The average Bonchev–Trinajstić information content (AvgIpc) is 3.35. The Kier molecular flexibility index (Phi) is 9.65. The first-order valence-electron chi connectivity index (χ1n) is 12.8. The van der Waals surface area contributed by atoms with Crippen molar-refractivity contribution in [3.63, 3.8) is 0 Å². The van der Waals surface area contributed by atoms with E-state index < -0.39 is 10.8 Å². The van der Waals surface area contributed by atoms with Gasteiger partial charge in [-0.1, -0.05) is 25.1 Å². The highest BCUT2D eigenvalue weighted by Gasteiger charge is 2.27. The van der Waals surface area contributed by atoms with Crippen LogP contribution in [0.4, 0.5) is 5.69 Å². The minimum Gasteiger partial charge on any atom is -0.497 e. The Bertz CT molecular complexity index is 1270. The molecule has 0 saturated heterocycles. The molecule has 3 aromatic rings. The van der Waals surface area contributed by atoms with E-state index in [-0.39, 0.29) is 35.8 Å². The van der Waals surface area contributed by atoms with E-state index in [1.165, 1.54) is 29.2 Å². The summed E-state index contributed by atoms with van der Waals surface area (Å²) in [5, 5.41) is 11.2. The number of aromatic nitrogens is 1. The van der Waals surface area contributed by atoms with Crippen molar-refractivity contribution in [2.75, 3.05) is 13.7 Å². The lowest BCUT2D eigenvalue weighted by molar-refractivity contribution is -0.384. The molecule has 38 heavy (non-hydrogen) atoms. The highest BCUT2D eigenvalue weighted by molar-refractivity contribution is 5.97. The van der Waals surface area contributed by atoms with Crippen molar-refractivity contribution in [3.8, 4) is 5.75 Å². The van der Waals surface area contributed by atoms with Crippen molar-refractivity contribution in [2.45, 2.75) is 59.3 Å². The Hall–Kier alpha value is -4.14. The van der Waals surface area contributed by atoms with Crippen LogP contribution in [0.5, 0.6) is 5.75 Å². The van der Waals surface area contributed by atoms with Crippen LogP contribution in [0.25, 0.3) is 0 Å². The fourth-order valence-corrected chi connectivity index (χ4v) is 4.24. The molecule has 2 amide bonds. The van der Waals surface area contributed by atoms with Gasteiger partial charge in [0.2, 0.25) is 5.91 Å². The molecule has 0 bridgehead atoms. The molecule has 1 aromatic heterocycles. The number of benzene rings is 2. The summed E-state index contributed by atoms with van der Waals surface area (Å²) in [5.41, 5.74) is 2.08. The van der Waals surface area contributed by atoms with Gasteiger partial charge in [-0.2, -0.15) is 0 Å². The van der Waals surface area contributed by atoms with Gasteiger partial charge in [-0.05, 0) is 63.1 Å². The number of nitrogens with zero attached hydrogens (tertiary/aromatic N) is 4. The van der Waals surface area contributed by atoms with E-state index in [9.17, 15) is 19.7 Å². The lowest BCUT2D eigenvalue weighted by Crippen LogP contribution is -2.48. The van der Waals surface area contributed by atoms with E-state index in [2.05, 4.69) is 4.57 Å². The normalized spacial score (nSPS) is 11.7. The maximum Gasteiger partial charge on any atom is 0.270 e. The van der Waals surface area contributed by atoms with E-state index in [4.69, 9.17) is 4.74 Å². The van der Waals surface area contributed by atoms with Gasteiger partial charge in [-0.3, -0.25) is 19.7 Å². The Morgan fingerprint density at radius 3 is 2.42 bits per heavy atom. The highest BCUT2D eigenvalue weighted by atomic mass is 16.6. The maximum absolute atomic E-state index is 13.6. The molecule has 3 rings (SSSR count). The molecule has 202 valence electrons. The Balaban J connectivity index is 1.81. The Labute approximate surface area is 223 Å². The topological polar surface area (TPSA) is 97.9 Å². The van der Waals surface area contributed by atoms with E-state index in [1.807, 2.05) is 70.3 Å². The van der Waals surface area contributed by atoms with Crippen LogP contribution >= 0.6 is 0 Å². The predicted molar refractivity (Wildman–Crippen MR) is 146 cm³/mol.